The molecule has 26 heavy (non-hydrogen) atoms. The van der Waals surface area contributed by atoms with Crippen molar-refractivity contribution in [2.24, 2.45) is 0 Å². The summed E-state index contributed by atoms with van der Waals surface area (Å²) in [5.41, 5.74) is 3.33. The molecule has 0 aliphatic heterocycles. The Morgan fingerprint density at radius 3 is 2.77 bits per heavy atom. The summed E-state index contributed by atoms with van der Waals surface area (Å²) in [5.74, 6) is 1.40. The molecule has 3 aromatic rings. The fraction of sp³-hybridized carbons (Fsp3) is 0.211. The van der Waals surface area contributed by atoms with Gasteiger partial charge in [-0.05, 0) is 24.6 Å². The first-order chi connectivity index (χ1) is 12.8. The van der Waals surface area contributed by atoms with E-state index >= 15 is 0 Å². The molecule has 0 fully saturated rings. The van der Waals surface area contributed by atoms with Crippen molar-refractivity contribution < 1.29 is 9.84 Å². The molecule has 0 saturated carbocycles. The number of aliphatic hydroxyl groups excluding tert-OH is 1. The minimum Gasteiger partial charge on any atom is -0.497 e. The maximum atomic E-state index is 8.87. The number of aromatic nitrogens is 3. The second-order valence-electron chi connectivity index (χ2n) is 5.61. The summed E-state index contributed by atoms with van der Waals surface area (Å²) in [5, 5.41) is 15.3. The molecule has 0 aliphatic rings. The van der Waals surface area contributed by atoms with Crippen molar-refractivity contribution in [3.8, 4) is 17.0 Å². The minimum atomic E-state index is 0.156. The van der Waals surface area contributed by atoms with Gasteiger partial charge < -0.3 is 20.5 Å². The van der Waals surface area contributed by atoms with E-state index in [0.717, 1.165) is 28.4 Å². The maximum Gasteiger partial charge on any atom is 0.149 e. The number of benzene rings is 1. The Kier molecular flexibility index (Phi) is 5.95. The number of anilines is 3. The summed E-state index contributed by atoms with van der Waals surface area (Å²) in [4.78, 5) is 13.1. The number of aliphatic hydroxyl groups is 1. The van der Waals surface area contributed by atoms with Gasteiger partial charge in [0.25, 0.3) is 0 Å². The van der Waals surface area contributed by atoms with Crippen LogP contribution in [0, 0.1) is 0 Å². The number of nitrogens with one attached hydrogen (secondary N) is 2. The molecule has 7 heteroatoms. The number of methoxy groups -OCH3 is 1. The molecule has 0 radical (unpaired) electrons. The third-order valence-corrected chi connectivity index (χ3v) is 3.67. The van der Waals surface area contributed by atoms with Gasteiger partial charge in [-0.3, -0.25) is 9.97 Å². The normalized spacial score (nSPS) is 10.4. The summed E-state index contributed by atoms with van der Waals surface area (Å²) in [6.07, 6.45) is 7.54. The SMILES string of the molecule is COc1cccc(Nc2cncc(-c3cncc(NCCCO)c3)n2)c1. The molecular formula is C19H21N5O2. The first-order valence-electron chi connectivity index (χ1n) is 8.32. The van der Waals surface area contributed by atoms with Crippen LogP contribution in [-0.2, 0) is 0 Å². The Hall–Kier alpha value is -3.19. The van der Waals surface area contributed by atoms with Gasteiger partial charge in [0.2, 0.25) is 0 Å². The van der Waals surface area contributed by atoms with E-state index < -0.39 is 0 Å². The molecule has 0 amide bonds. The monoisotopic (exact) mass is 351 g/mol. The maximum absolute atomic E-state index is 8.87. The van der Waals surface area contributed by atoms with Crippen LogP contribution in [0.15, 0.2) is 55.1 Å². The van der Waals surface area contributed by atoms with Crippen LogP contribution >= 0.6 is 0 Å². The van der Waals surface area contributed by atoms with Gasteiger partial charge in [-0.25, -0.2) is 4.98 Å². The molecule has 2 heterocycles. The van der Waals surface area contributed by atoms with Crippen molar-refractivity contribution in [3.05, 3.63) is 55.1 Å². The van der Waals surface area contributed by atoms with Crippen LogP contribution in [0.5, 0.6) is 5.75 Å². The van der Waals surface area contributed by atoms with Crippen molar-refractivity contribution in [1.82, 2.24) is 15.0 Å². The third kappa shape index (κ3) is 4.67. The standard InChI is InChI=1S/C19H21N5O2/c1-26-17-5-2-4-15(9-17)23-19-13-21-12-18(24-19)14-8-16(11-20-10-14)22-6-3-7-25/h2,4-5,8-13,22,25H,3,6-7H2,1H3,(H,23,24). The van der Waals surface area contributed by atoms with Gasteiger partial charge in [-0.15, -0.1) is 0 Å². The number of hydrogen-bond donors (Lipinski definition) is 3. The van der Waals surface area contributed by atoms with Gasteiger partial charge in [0.15, 0.2) is 0 Å². The first-order valence-corrected chi connectivity index (χ1v) is 8.32. The zero-order chi connectivity index (χ0) is 18.2. The van der Waals surface area contributed by atoms with Crippen molar-refractivity contribution in [3.63, 3.8) is 0 Å². The molecule has 3 N–H and O–H groups in total. The second-order valence-corrected chi connectivity index (χ2v) is 5.61. The van der Waals surface area contributed by atoms with Crippen LogP contribution in [0.4, 0.5) is 17.2 Å². The highest BCUT2D eigenvalue weighted by Crippen LogP contribution is 2.23. The Labute approximate surface area is 152 Å². The number of ether oxygens (including phenoxy) is 1. The fourth-order valence-electron chi connectivity index (χ4n) is 2.40. The van der Waals surface area contributed by atoms with Crippen LogP contribution in [-0.4, -0.2) is 40.3 Å². The molecule has 1 aromatic carbocycles. The zero-order valence-electron chi connectivity index (χ0n) is 14.5. The largest absolute Gasteiger partial charge is 0.497 e. The fourth-order valence-corrected chi connectivity index (χ4v) is 2.40. The lowest BCUT2D eigenvalue weighted by molar-refractivity contribution is 0.292. The predicted octanol–water partition coefficient (Wildman–Crippen LogP) is 3.09. The molecule has 7 nitrogen and oxygen atoms in total. The lowest BCUT2D eigenvalue weighted by Gasteiger charge is -2.09. The Balaban J connectivity index is 1.77. The number of hydrogen-bond acceptors (Lipinski definition) is 7. The van der Waals surface area contributed by atoms with Crippen molar-refractivity contribution in [1.29, 1.82) is 0 Å². The summed E-state index contributed by atoms with van der Waals surface area (Å²) in [6, 6.07) is 9.58. The quantitative estimate of drug-likeness (QED) is 0.537. The highest BCUT2D eigenvalue weighted by Gasteiger charge is 2.05. The second kappa shape index (κ2) is 8.77. The van der Waals surface area contributed by atoms with Gasteiger partial charge in [-0.2, -0.15) is 0 Å². The van der Waals surface area contributed by atoms with E-state index in [-0.39, 0.29) is 6.61 Å². The Bertz CT molecular complexity index is 857. The Morgan fingerprint density at radius 1 is 1.04 bits per heavy atom. The van der Waals surface area contributed by atoms with Crippen molar-refractivity contribution >= 4 is 17.2 Å². The van der Waals surface area contributed by atoms with Crippen LogP contribution < -0.4 is 15.4 Å². The van der Waals surface area contributed by atoms with E-state index in [4.69, 9.17) is 9.84 Å². The van der Waals surface area contributed by atoms with Crippen LogP contribution in [0.25, 0.3) is 11.3 Å². The number of nitrogens with zero attached hydrogens (tertiary/aromatic N) is 3. The van der Waals surface area contributed by atoms with Gasteiger partial charge in [0.1, 0.15) is 11.6 Å². The molecule has 134 valence electrons. The van der Waals surface area contributed by atoms with E-state index in [9.17, 15) is 0 Å². The van der Waals surface area contributed by atoms with E-state index in [1.165, 1.54) is 0 Å². The van der Waals surface area contributed by atoms with Gasteiger partial charge in [0.05, 0.1) is 30.9 Å². The summed E-state index contributed by atoms with van der Waals surface area (Å²) in [6.45, 7) is 0.842. The van der Waals surface area contributed by atoms with Crippen LogP contribution in [0.1, 0.15) is 6.42 Å². The van der Waals surface area contributed by atoms with Crippen molar-refractivity contribution in [2.75, 3.05) is 30.9 Å². The average molecular weight is 351 g/mol. The van der Waals surface area contributed by atoms with E-state index in [0.29, 0.717) is 18.8 Å². The lowest BCUT2D eigenvalue weighted by Crippen LogP contribution is -2.04. The van der Waals surface area contributed by atoms with Crippen LogP contribution in [0.2, 0.25) is 0 Å². The molecule has 2 aromatic heterocycles. The zero-order valence-corrected chi connectivity index (χ0v) is 14.5. The van der Waals surface area contributed by atoms with E-state index in [1.54, 1.807) is 31.9 Å². The summed E-state index contributed by atoms with van der Waals surface area (Å²) >= 11 is 0. The number of rotatable bonds is 8. The van der Waals surface area contributed by atoms with Crippen LogP contribution in [0.3, 0.4) is 0 Å². The lowest BCUT2D eigenvalue weighted by atomic mass is 10.2. The minimum absolute atomic E-state index is 0.156. The van der Waals surface area contributed by atoms with E-state index in [2.05, 4.69) is 25.6 Å². The van der Waals surface area contributed by atoms with Gasteiger partial charge in [-0.1, -0.05) is 6.07 Å². The topological polar surface area (TPSA) is 92.2 Å². The summed E-state index contributed by atoms with van der Waals surface area (Å²) < 4.78 is 5.23. The van der Waals surface area contributed by atoms with Gasteiger partial charge >= 0.3 is 0 Å². The summed E-state index contributed by atoms with van der Waals surface area (Å²) in [7, 11) is 1.63. The van der Waals surface area contributed by atoms with Crippen molar-refractivity contribution in [2.45, 2.75) is 6.42 Å². The molecule has 0 aliphatic carbocycles. The third-order valence-electron chi connectivity index (χ3n) is 3.67. The molecular weight excluding hydrogens is 330 g/mol. The highest BCUT2D eigenvalue weighted by atomic mass is 16.5. The molecule has 0 bridgehead atoms. The average Bonchev–Trinajstić information content (AvgIpc) is 2.69. The predicted molar refractivity (Wildman–Crippen MR) is 102 cm³/mol. The van der Waals surface area contributed by atoms with E-state index in [1.807, 2.05) is 30.3 Å². The molecule has 0 atom stereocenters. The Morgan fingerprint density at radius 2 is 1.92 bits per heavy atom. The molecule has 3 rings (SSSR count). The molecule has 0 saturated heterocycles. The van der Waals surface area contributed by atoms with Gasteiger partial charge in [0, 0.05) is 42.9 Å². The smallest absolute Gasteiger partial charge is 0.149 e. The number of pyridine rings is 1. The molecule has 0 spiro atoms. The first kappa shape index (κ1) is 17.6. The highest BCUT2D eigenvalue weighted by molar-refractivity contribution is 5.65. The molecule has 0 unspecified atom stereocenters.